The number of carbonyl (C=O) groups excluding carboxylic acids is 1. The van der Waals surface area contributed by atoms with Gasteiger partial charge in [-0.15, -0.1) is 0 Å². The Morgan fingerprint density at radius 2 is 2.11 bits per heavy atom. The summed E-state index contributed by atoms with van der Waals surface area (Å²) >= 11 is 1.68. The highest BCUT2D eigenvalue weighted by Gasteiger charge is 2.10. The third-order valence-corrected chi connectivity index (χ3v) is 3.81. The summed E-state index contributed by atoms with van der Waals surface area (Å²) in [7, 11) is 0. The molecule has 0 saturated heterocycles. The highest BCUT2D eigenvalue weighted by Crippen LogP contribution is 2.18. The maximum absolute atomic E-state index is 12.0. The minimum absolute atomic E-state index is 0.0895. The number of pyridine rings is 1. The fraction of sp³-hybridized carbons (Fsp3) is 0.571. The van der Waals surface area contributed by atoms with Gasteiger partial charge in [-0.25, -0.2) is 0 Å². The molecule has 100 valence electrons. The first-order valence-electron chi connectivity index (χ1n) is 6.29. The van der Waals surface area contributed by atoms with Crippen LogP contribution >= 0.6 is 11.8 Å². The molecule has 0 N–H and O–H groups in total. The van der Waals surface area contributed by atoms with Crippen LogP contribution in [0.5, 0.6) is 5.75 Å². The molecule has 1 aromatic heterocycles. The topological polar surface area (TPSA) is 39.2 Å². The van der Waals surface area contributed by atoms with Gasteiger partial charge in [0.2, 0.25) is 0 Å². The van der Waals surface area contributed by atoms with E-state index >= 15 is 0 Å². The minimum Gasteiger partial charge on any atom is -0.489 e. The number of ketones is 1. The van der Waals surface area contributed by atoms with Gasteiger partial charge < -0.3 is 4.74 Å². The van der Waals surface area contributed by atoms with E-state index in [1.165, 1.54) is 0 Å². The minimum atomic E-state index is 0.0895. The molecule has 0 radical (unpaired) electrons. The van der Waals surface area contributed by atoms with E-state index in [1.807, 2.05) is 13.8 Å². The van der Waals surface area contributed by atoms with Crippen molar-refractivity contribution in [3.8, 4) is 5.75 Å². The Hall–Kier alpha value is -1.03. The molecule has 0 aliphatic heterocycles. The average Bonchev–Trinajstić information content (AvgIpc) is 2.35. The molecule has 0 aliphatic rings. The van der Waals surface area contributed by atoms with Gasteiger partial charge in [0.15, 0.2) is 5.78 Å². The van der Waals surface area contributed by atoms with E-state index in [1.54, 1.807) is 30.2 Å². The molecular weight excluding hydrogens is 246 g/mol. The summed E-state index contributed by atoms with van der Waals surface area (Å²) in [6.07, 6.45) is 4.41. The van der Waals surface area contributed by atoms with E-state index in [-0.39, 0.29) is 11.9 Å². The zero-order valence-electron chi connectivity index (χ0n) is 11.5. The van der Waals surface area contributed by atoms with Gasteiger partial charge in [0.05, 0.1) is 18.1 Å². The highest BCUT2D eigenvalue weighted by molar-refractivity contribution is 8.00. The molecule has 0 amide bonds. The molecule has 0 spiro atoms. The van der Waals surface area contributed by atoms with Gasteiger partial charge in [-0.1, -0.05) is 13.8 Å². The van der Waals surface area contributed by atoms with Crippen LogP contribution in [0.3, 0.4) is 0 Å². The molecule has 1 aromatic rings. The number of hydrogen-bond acceptors (Lipinski definition) is 4. The van der Waals surface area contributed by atoms with Crippen molar-refractivity contribution >= 4 is 17.5 Å². The predicted molar refractivity (Wildman–Crippen MR) is 76.5 cm³/mol. The molecular formula is C14H21NO2S. The number of thioether (sulfide) groups is 1. The molecule has 0 fully saturated rings. The second kappa shape index (κ2) is 7.41. The fourth-order valence-corrected chi connectivity index (χ4v) is 2.17. The number of carbonyl (C=O) groups is 1. The molecule has 4 heteroatoms. The Morgan fingerprint density at radius 1 is 1.39 bits per heavy atom. The number of Topliss-reactive ketones (excluding diaryl/α,β-unsaturated/α-hetero) is 1. The van der Waals surface area contributed by atoms with Gasteiger partial charge in [0.25, 0.3) is 0 Å². The quantitative estimate of drug-likeness (QED) is 0.708. The standard InChI is InChI=1S/C14H21NO2S/c1-5-11(4)18-9-14(16)12-6-13(8-15-7-12)17-10(2)3/h6-8,10-11H,5,9H2,1-4H3. The smallest absolute Gasteiger partial charge is 0.174 e. The van der Waals surface area contributed by atoms with Gasteiger partial charge in [-0.3, -0.25) is 9.78 Å². The van der Waals surface area contributed by atoms with Crippen molar-refractivity contribution in [2.45, 2.75) is 45.5 Å². The molecule has 1 heterocycles. The van der Waals surface area contributed by atoms with Crippen LogP contribution in [0.2, 0.25) is 0 Å². The maximum atomic E-state index is 12.0. The van der Waals surface area contributed by atoms with Crippen molar-refractivity contribution in [1.82, 2.24) is 4.98 Å². The van der Waals surface area contributed by atoms with E-state index in [0.717, 1.165) is 6.42 Å². The van der Waals surface area contributed by atoms with Crippen LogP contribution in [0, 0.1) is 0 Å². The lowest BCUT2D eigenvalue weighted by molar-refractivity contribution is 0.102. The zero-order chi connectivity index (χ0) is 13.5. The lowest BCUT2D eigenvalue weighted by atomic mass is 10.2. The number of hydrogen-bond donors (Lipinski definition) is 0. The Kier molecular flexibility index (Phi) is 6.19. The van der Waals surface area contributed by atoms with E-state index in [9.17, 15) is 4.79 Å². The monoisotopic (exact) mass is 267 g/mol. The van der Waals surface area contributed by atoms with E-state index in [2.05, 4.69) is 18.8 Å². The summed E-state index contributed by atoms with van der Waals surface area (Å²) in [5.74, 6) is 1.27. The number of rotatable bonds is 7. The first kappa shape index (κ1) is 15.0. The fourth-order valence-electron chi connectivity index (χ4n) is 1.33. The predicted octanol–water partition coefficient (Wildman–Crippen LogP) is 3.58. The van der Waals surface area contributed by atoms with Crippen molar-refractivity contribution in [1.29, 1.82) is 0 Å². The van der Waals surface area contributed by atoms with E-state index in [4.69, 9.17) is 4.74 Å². The maximum Gasteiger partial charge on any atom is 0.174 e. The first-order chi connectivity index (χ1) is 8.52. The number of nitrogens with zero attached hydrogens (tertiary/aromatic N) is 1. The molecule has 0 aliphatic carbocycles. The van der Waals surface area contributed by atoms with Gasteiger partial charge in [-0.05, 0) is 26.3 Å². The van der Waals surface area contributed by atoms with Crippen molar-refractivity contribution in [3.63, 3.8) is 0 Å². The van der Waals surface area contributed by atoms with Gasteiger partial charge in [0, 0.05) is 17.0 Å². The summed E-state index contributed by atoms with van der Waals surface area (Å²) in [6.45, 7) is 8.16. The molecule has 0 saturated carbocycles. The van der Waals surface area contributed by atoms with Crippen LogP contribution in [0.15, 0.2) is 18.5 Å². The average molecular weight is 267 g/mol. The SMILES string of the molecule is CCC(C)SCC(=O)c1cncc(OC(C)C)c1. The number of ether oxygens (including phenoxy) is 1. The Balaban J connectivity index is 2.62. The Morgan fingerprint density at radius 3 is 2.72 bits per heavy atom. The summed E-state index contributed by atoms with van der Waals surface area (Å²) in [4.78, 5) is 16.0. The van der Waals surface area contributed by atoms with Crippen LogP contribution in [-0.4, -0.2) is 27.9 Å². The van der Waals surface area contributed by atoms with Crippen LogP contribution < -0.4 is 4.74 Å². The van der Waals surface area contributed by atoms with Crippen molar-refractivity contribution in [3.05, 3.63) is 24.0 Å². The third kappa shape index (κ3) is 5.08. The van der Waals surface area contributed by atoms with E-state index < -0.39 is 0 Å². The van der Waals surface area contributed by atoms with Crippen molar-refractivity contribution in [2.75, 3.05) is 5.75 Å². The summed E-state index contributed by atoms with van der Waals surface area (Å²) < 4.78 is 5.53. The molecule has 3 nitrogen and oxygen atoms in total. The van der Waals surface area contributed by atoms with Crippen LogP contribution in [0.1, 0.15) is 44.5 Å². The van der Waals surface area contributed by atoms with Crippen LogP contribution in [0.25, 0.3) is 0 Å². The molecule has 1 unspecified atom stereocenters. The third-order valence-electron chi connectivity index (χ3n) is 2.48. The van der Waals surface area contributed by atoms with Gasteiger partial charge in [-0.2, -0.15) is 11.8 Å². The second-order valence-corrected chi connectivity index (χ2v) is 5.96. The van der Waals surface area contributed by atoms with Gasteiger partial charge in [0.1, 0.15) is 5.75 Å². The summed E-state index contributed by atoms with van der Waals surface area (Å²) in [6, 6.07) is 1.77. The molecule has 0 aromatic carbocycles. The normalized spacial score (nSPS) is 12.5. The van der Waals surface area contributed by atoms with Crippen molar-refractivity contribution in [2.24, 2.45) is 0 Å². The summed E-state index contributed by atoms with van der Waals surface area (Å²) in [5, 5.41) is 0.511. The highest BCUT2D eigenvalue weighted by atomic mass is 32.2. The molecule has 18 heavy (non-hydrogen) atoms. The molecule has 1 atom stereocenters. The Labute approximate surface area is 113 Å². The lowest BCUT2D eigenvalue weighted by Crippen LogP contribution is -2.09. The van der Waals surface area contributed by atoms with Crippen LogP contribution in [-0.2, 0) is 0 Å². The first-order valence-corrected chi connectivity index (χ1v) is 7.34. The van der Waals surface area contributed by atoms with Crippen LogP contribution in [0.4, 0.5) is 0 Å². The Bertz CT molecular complexity index is 393. The molecule has 1 rings (SSSR count). The second-order valence-electron chi connectivity index (χ2n) is 4.53. The zero-order valence-corrected chi connectivity index (χ0v) is 12.3. The van der Waals surface area contributed by atoms with Crippen molar-refractivity contribution < 1.29 is 9.53 Å². The van der Waals surface area contributed by atoms with E-state index in [0.29, 0.717) is 22.3 Å². The summed E-state index contributed by atoms with van der Waals surface area (Å²) in [5.41, 5.74) is 0.629. The number of aromatic nitrogens is 1. The molecule has 0 bridgehead atoms. The van der Waals surface area contributed by atoms with Gasteiger partial charge >= 0.3 is 0 Å². The lowest BCUT2D eigenvalue weighted by Gasteiger charge is -2.10. The largest absolute Gasteiger partial charge is 0.489 e.